The normalized spacial score (nSPS) is 18.4. The number of primary amides is 1. The largest absolute Gasteiger partial charge is 0.450 e. The van der Waals surface area contributed by atoms with Gasteiger partial charge in [0.2, 0.25) is 5.91 Å². The Morgan fingerprint density at radius 2 is 2.00 bits per heavy atom. The Morgan fingerprint density at radius 1 is 1.39 bits per heavy atom. The standard InChI is InChI=1S/C12H23N3O3/c1-3-10(11(13)16)14-9-5-7-15(8-6-9)12(17)18-4-2/h9-10,14H,3-8H2,1-2H3,(H2,13,16). The first-order chi connectivity index (χ1) is 8.58. The molecule has 6 nitrogen and oxygen atoms in total. The minimum absolute atomic E-state index is 0.244. The quantitative estimate of drug-likeness (QED) is 0.749. The third-order valence-electron chi connectivity index (χ3n) is 3.21. The van der Waals surface area contributed by atoms with Crippen molar-refractivity contribution in [2.45, 2.75) is 45.2 Å². The minimum Gasteiger partial charge on any atom is -0.450 e. The van der Waals surface area contributed by atoms with E-state index in [1.54, 1.807) is 11.8 Å². The summed E-state index contributed by atoms with van der Waals surface area (Å²) in [5.74, 6) is -0.315. The molecule has 0 aromatic heterocycles. The molecule has 0 radical (unpaired) electrons. The van der Waals surface area contributed by atoms with Gasteiger partial charge in [-0.25, -0.2) is 4.79 Å². The summed E-state index contributed by atoms with van der Waals surface area (Å²) in [6.45, 7) is 5.44. The van der Waals surface area contributed by atoms with Gasteiger partial charge in [-0.3, -0.25) is 4.79 Å². The van der Waals surface area contributed by atoms with Crippen molar-refractivity contribution in [3.63, 3.8) is 0 Å². The molecule has 1 unspecified atom stereocenters. The second-order valence-corrected chi connectivity index (χ2v) is 4.49. The van der Waals surface area contributed by atoms with E-state index in [0.29, 0.717) is 26.1 Å². The van der Waals surface area contributed by atoms with Crippen molar-refractivity contribution in [1.29, 1.82) is 0 Å². The van der Waals surface area contributed by atoms with Crippen LogP contribution in [0.25, 0.3) is 0 Å². The summed E-state index contributed by atoms with van der Waals surface area (Å²) in [5, 5.41) is 3.24. The second kappa shape index (κ2) is 7.20. The smallest absolute Gasteiger partial charge is 0.409 e. The second-order valence-electron chi connectivity index (χ2n) is 4.49. The molecule has 0 saturated carbocycles. The summed E-state index contributed by atoms with van der Waals surface area (Å²) >= 11 is 0. The third kappa shape index (κ3) is 4.18. The summed E-state index contributed by atoms with van der Waals surface area (Å²) in [6.07, 6.45) is 2.08. The Labute approximate surface area is 108 Å². The molecule has 2 amide bonds. The molecule has 0 aromatic carbocycles. The van der Waals surface area contributed by atoms with Crippen molar-refractivity contribution >= 4 is 12.0 Å². The molecule has 1 aliphatic heterocycles. The Hall–Kier alpha value is -1.30. The van der Waals surface area contributed by atoms with Crippen LogP contribution in [0, 0.1) is 0 Å². The molecule has 0 spiro atoms. The van der Waals surface area contributed by atoms with E-state index in [9.17, 15) is 9.59 Å². The number of nitrogens with two attached hydrogens (primary N) is 1. The highest BCUT2D eigenvalue weighted by Crippen LogP contribution is 2.12. The molecule has 1 fully saturated rings. The SMILES string of the molecule is CCOC(=O)N1CCC(NC(CC)C(N)=O)CC1. The first-order valence-corrected chi connectivity index (χ1v) is 6.55. The monoisotopic (exact) mass is 257 g/mol. The van der Waals surface area contributed by atoms with Crippen LogP contribution in [0.1, 0.15) is 33.1 Å². The number of ether oxygens (including phenoxy) is 1. The van der Waals surface area contributed by atoms with E-state index in [-0.39, 0.29) is 24.1 Å². The van der Waals surface area contributed by atoms with Crippen LogP contribution in [0.15, 0.2) is 0 Å². The van der Waals surface area contributed by atoms with Gasteiger partial charge in [-0.15, -0.1) is 0 Å². The maximum absolute atomic E-state index is 11.5. The number of amides is 2. The van der Waals surface area contributed by atoms with E-state index in [0.717, 1.165) is 12.8 Å². The lowest BCUT2D eigenvalue weighted by Gasteiger charge is -2.33. The van der Waals surface area contributed by atoms with Gasteiger partial charge in [0.15, 0.2) is 0 Å². The minimum atomic E-state index is -0.315. The Morgan fingerprint density at radius 3 is 2.44 bits per heavy atom. The van der Waals surface area contributed by atoms with Crippen molar-refractivity contribution in [3.8, 4) is 0 Å². The van der Waals surface area contributed by atoms with Crippen LogP contribution in [0.4, 0.5) is 4.79 Å². The van der Waals surface area contributed by atoms with Crippen LogP contribution in [-0.4, -0.2) is 48.7 Å². The fraction of sp³-hybridized carbons (Fsp3) is 0.833. The van der Waals surface area contributed by atoms with E-state index < -0.39 is 0 Å². The molecule has 6 heteroatoms. The molecule has 18 heavy (non-hydrogen) atoms. The summed E-state index contributed by atoms with van der Waals surface area (Å²) in [7, 11) is 0. The number of rotatable bonds is 5. The van der Waals surface area contributed by atoms with Crippen LogP contribution in [0.5, 0.6) is 0 Å². The Kier molecular flexibility index (Phi) is 5.91. The van der Waals surface area contributed by atoms with Crippen molar-refractivity contribution in [2.75, 3.05) is 19.7 Å². The number of piperidine rings is 1. The van der Waals surface area contributed by atoms with E-state index in [4.69, 9.17) is 10.5 Å². The van der Waals surface area contributed by atoms with Crippen LogP contribution in [0.2, 0.25) is 0 Å². The van der Waals surface area contributed by atoms with Crippen LogP contribution in [-0.2, 0) is 9.53 Å². The first-order valence-electron chi connectivity index (χ1n) is 6.55. The average Bonchev–Trinajstić information content (AvgIpc) is 2.36. The summed E-state index contributed by atoms with van der Waals surface area (Å²) in [6, 6.07) is -0.0303. The lowest BCUT2D eigenvalue weighted by atomic mass is 10.0. The van der Waals surface area contributed by atoms with E-state index in [1.807, 2.05) is 6.92 Å². The van der Waals surface area contributed by atoms with Crippen LogP contribution >= 0.6 is 0 Å². The first kappa shape index (κ1) is 14.8. The van der Waals surface area contributed by atoms with Gasteiger partial charge in [-0.2, -0.15) is 0 Å². The number of hydrogen-bond donors (Lipinski definition) is 2. The van der Waals surface area contributed by atoms with Gasteiger partial charge >= 0.3 is 6.09 Å². The van der Waals surface area contributed by atoms with Crippen molar-refractivity contribution in [3.05, 3.63) is 0 Å². The fourth-order valence-corrected chi connectivity index (χ4v) is 2.13. The maximum Gasteiger partial charge on any atom is 0.409 e. The summed E-state index contributed by atoms with van der Waals surface area (Å²) in [4.78, 5) is 24.3. The zero-order valence-electron chi connectivity index (χ0n) is 11.1. The highest BCUT2D eigenvalue weighted by molar-refractivity contribution is 5.79. The van der Waals surface area contributed by atoms with Gasteiger partial charge in [0.25, 0.3) is 0 Å². The lowest BCUT2D eigenvalue weighted by molar-refractivity contribution is -0.120. The molecule has 1 heterocycles. The number of carbonyl (C=O) groups excluding carboxylic acids is 2. The number of likely N-dealkylation sites (tertiary alicyclic amines) is 1. The van der Waals surface area contributed by atoms with Gasteiger partial charge < -0.3 is 20.7 Å². The Balaban J connectivity index is 2.35. The number of nitrogens with zero attached hydrogens (tertiary/aromatic N) is 1. The van der Waals surface area contributed by atoms with Gasteiger partial charge in [0.1, 0.15) is 0 Å². The summed E-state index contributed by atoms with van der Waals surface area (Å²) in [5.41, 5.74) is 5.29. The molecule has 0 aliphatic carbocycles. The van der Waals surface area contributed by atoms with Gasteiger partial charge in [0, 0.05) is 19.1 Å². The molecule has 3 N–H and O–H groups in total. The number of carbonyl (C=O) groups is 2. The van der Waals surface area contributed by atoms with E-state index in [2.05, 4.69) is 5.32 Å². The van der Waals surface area contributed by atoms with E-state index in [1.165, 1.54) is 0 Å². The van der Waals surface area contributed by atoms with E-state index >= 15 is 0 Å². The average molecular weight is 257 g/mol. The van der Waals surface area contributed by atoms with Crippen LogP contribution < -0.4 is 11.1 Å². The van der Waals surface area contributed by atoms with Gasteiger partial charge in [-0.1, -0.05) is 6.92 Å². The molecule has 1 saturated heterocycles. The van der Waals surface area contributed by atoms with Crippen LogP contribution in [0.3, 0.4) is 0 Å². The molecule has 1 atom stereocenters. The zero-order valence-corrected chi connectivity index (χ0v) is 11.1. The molecule has 104 valence electrons. The molecule has 1 rings (SSSR count). The molecular formula is C12H23N3O3. The molecule has 0 bridgehead atoms. The summed E-state index contributed by atoms with van der Waals surface area (Å²) < 4.78 is 4.95. The van der Waals surface area contributed by atoms with Gasteiger partial charge in [0.05, 0.1) is 12.6 Å². The highest BCUT2D eigenvalue weighted by Gasteiger charge is 2.25. The fourth-order valence-electron chi connectivity index (χ4n) is 2.13. The maximum atomic E-state index is 11.5. The third-order valence-corrected chi connectivity index (χ3v) is 3.21. The van der Waals surface area contributed by atoms with Crippen molar-refractivity contribution < 1.29 is 14.3 Å². The number of nitrogens with one attached hydrogen (secondary N) is 1. The highest BCUT2D eigenvalue weighted by atomic mass is 16.6. The van der Waals surface area contributed by atoms with Gasteiger partial charge in [-0.05, 0) is 26.2 Å². The zero-order chi connectivity index (χ0) is 13.5. The predicted octanol–water partition coefficient (Wildman–Crippen LogP) is 0.461. The number of hydrogen-bond acceptors (Lipinski definition) is 4. The molecule has 0 aromatic rings. The molecular weight excluding hydrogens is 234 g/mol. The molecule has 1 aliphatic rings. The lowest BCUT2D eigenvalue weighted by Crippen LogP contribution is -2.51. The Bertz CT molecular complexity index is 288. The topological polar surface area (TPSA) is 84.7 Å². The van der Waals surface area contributed by atoms with Crippen molar-refractivity contribution in [1.82, 2.24) is 10.2 Å². The predicted molar refractivity (Wildman–Crippen MR) is 68.0 cm³/mol. The van der Waals surface area contributed by atoms with Crippen molar-refractivity contribution in [2.24, 2.45) is 5.73 Å².